The molecule has 0 radical (unpaired) electrons. The Morgan fingerprint density at radius 3 is 2.14 bits per heavy atom. The molecule has 0 bridgehead atoms. The van der Waals surface area contributed by atoms with Crippen LogP contribution >= 0.6 is 11.6 Å². The third kappa shape index (κ3) is 6.08. The first-order valence-electron chi connectivity index (χ1n) is 12.2. The molecule has 1 saturated heterocycles. The molecule has 1 heterocycles. The fraction of sp³-hybridized carbons (Fsp3) is 0.161. The van der Waals surface area contributed by atoms with Crippen LogP contribution in [-0.4, -0.2) is 28.1 Å². The number of hydrogen-bond acceptors (Lipinski definition) is 4. The van der Waals surface area contributed by atoms with E-state index in [9.17, 15) is 4.79 Å². The number of nitrogens with zero attached hydrogens (tertiary/aromatic N) is 3. The van der Waals surface area contributed by atoms with Crippen LogP contribution in [0.4, 0.5) is 0 Å². The standard InChI is InChI=1S/C31H28ClN3O2/c1-23(26-12-16-28(32)17-13-26)33-35-30(36)21-34(20-24-8-4-2-5-9-24)31(35)27-14-18-29(19-15-27)37-22-25-10-6-3-7-11-25/h2-19,31H,20-22H2,1H3/b33-23-/t31-/m1/s1. The van der Waals surface area contributed by atoms with Crippen molar-refractivity contribution in [2.75, 3.05) is 6.54 Å². The molecule has 1 fully saturated rings. The number of hydrazone groups is 1. The lowest BCUT2D eigenvalue weighted by Gasteiger charge is -2.28. The van der Waals surface area contributed by atoms with Crippen molar-refractivity contribution in [3.8, 4) is 5.75 Å². The largest absolute Gasteiger partial charge is 0.489 e. The maximum absolute atomic E-state index is 13.2. The lowest BCUT2D eigenvalue weighted by molar-refractivity contribution is -0.128. The zero-order valence-corrected chi connectivity index (χ0v) is 21.4. The van der Waals surface area contributed by atoms with Gasteiger partial charge in [0.25, 0.3) is 5.91 Å². The number of hydrogen-bond donors (Lipinski definition) is 0. The first kappa shape index (κ1) is 24.8. The van der Waals surface area contributed by atoms with Crippen LogP contribution in [0.2, 0.25) is 5.02 Å². The van der Waals surface area contributed by atoms with Crippen molar-refractivity contribution in [1.82, 2.24) is 9.91 Å². The number of rotatable bonds is 8. The Morgan fingerprint density at radius 1 is 0.865 bits per heavy atom. The molecule has 1 aliphatic rings. The molecule has 0 spiro atoms. The van der Waals surface area contributed by atoms with Crippen LogP contribution in [-0.2, 0) is 17.9 Å². The van der Waals surface area contributed by atoms with Gasteiger partial charge in [0.2, 0.25) is 0 Å². The highest BCUT2D eigenvalue weighted by molar-refractivity contribution is 6.30. The summed E-state index contributed by atoms with van der Waals surface area (Å²) < 4.78 is 5.98. The van der Waals surface area contributed by atoms with Crippen LogP contribution in [0.1, 0.15) is 35.3 Å². The summed E-state index contributed by atoms with van der Waals surface area (Å²) in [6.45, 7) is 3.33. The second kappa shape index (κ2) is 11.4. The SMILES string of the molecule is C/C(=N/N1C(=O)CN(Cc2ccccc2)[C@H]1c1ccc(OCc2ccccc2)cc1)c1ccc(Cl)cc1. The highest BCUT2D eigenvalue weighted by Crippen LogP contribution is 2.34. The monoisotopic (exact) mass is 509 g/mol. The molecule has 4 aromatic rings. The molecule has 4 aromatic carbocycles. The Balaban J connectivity index is 1.42. The number of carbonyl (C=O) groups is 1. The Hall–Kier alpha value is -3.93. The minimum atomic E-state index is -0.335. The van der Waals surface area contributed by atoms with E-state index in [-0.39, 0.29) is 18.6 Å². The van der Waals surface area contributed by atoms with Gasteiger partial charge in [-0.1, -0.05) is 96.5 Å². The summed E-state index contributed by atoms with van der Waals surface area (Å²) in [4.78, 5) is 15.4. The zero-order chi connectivity index (χ0) is 25.6. The van der Waals surface area contributed by atoms with Crippen molar-refractivity contribution in [1.29, 1.82) is 0 Å². The van der Waals surface area contributed by atoms with Gasteiger partial charge in [0, 0.05) is 11.6 Å². The molecular weight excluding hydrogens is 482 g/mol. The molecule has 0 N–H and O–H groups in total. The summed E-state index contributed by atoms with van der Waals surface area (Å²) in [6.07, 6.45) is -0.335. The van der Waals surface area contributed by atoms with Gasteiger partial charge in [-0.25, -0.2) is 5.01 Å². The van der Waals surface area contributed by atoms with E-state index >= 15 is 0 Å². The van der Waals surface area contributed by atoms with Gasteiger partial charge in [0.1, 0.15) is 18.5 Å². The van der Waals surface area contributed by atoms with E-state index < -0.39 is 0 Å². The summed E-state index contributed by atoms with van der Waals surface area (Å²) in [5.41, 5.74) is 4.89. The second-order valence-corrected chi connectivity index (χ2v) is 9.47. The van der Waals surface area contributed by atoms with E-state index in [0.29, 0.717) is 18.2 Å². The van der Waals surface area contributed by atoms with E-state index in [4.69, 9.17) is 21.4 Å². The Labute approximate surface area is 222 Å². The van der Waals surface area contributed by atoms with Crippen molar-refractivity contribution in [3.63, 3.8) is 0 Å². The molecule has 1 atom stereocenters. The summed E-state index contributed by atoms with van der Waals surface area (Å²) in [6, 6.07) is 35.7. The average Bonchev–Trinajstić information content (AvgIpc) is 3.23. The third-order valence-corrected chi connectivity index (χ3v) is 6.60. The van der Waals surface area contributed by atoms with Crippen LogP contribution in [0.15, 0.2) is 114 Å². The predicted octanol–water partition coefficient (Wildman–Crippen LogP) is 6.69. The average molecular weight is 510 g/mol. The molecule has 1 aliphatic heterocycles. The Morgan fingerprint density at radius 2 is 1.49 bits per heavy atom. The van der Waals surface area contributed by atoms with Gasteiger partial charge in [0.05, 0.1) is 12.3 Å². The predicted molar refractivity (Wildman–Crippen MR) is 147 cm³/mol. The Kier molecular flexibility index (Phi) is 7.64. The van der Waals surface area contributed by atoms with Gasteiger partial charge in [-0.05, 0) is 53.4 Å². The van der Waals surface area contributed by atoms with Crippen LogP contribution in [0.3, 0.4) is 0 Å². The zero-order valence-electron chi connectivity index (χ0n) is 20.6. The molecule has 5 nitrogen and oxygen atoms in total. The van der Waals surface area contributed by atoms with Crippen molar-refractivity contribution in [2.45, 2.75) is 26.2 Å². The maximum Gasteiger partial charge on any atom is 0.258 e. The van der Waals surface area contributed by atoms with Crippen molar-refractivity contribution in [2.24, 2.45) is 5.10 Å². The number of amides is 1. The van der Waals surface area contributed by atoms with E-state index in [2.05, 4.69) is 17.0 Å². The third-order valence-electron chi connectivity index (χ3n) is 6.35. The number of carbonyl (C=O) groups excluding carboxylic acids is 1. The van der Waals surface area contributed by atoms with Gasteiger partial charge in [-0.15, -0.1) is 0 Å². The maximum atomic E-state index is 13.2. The summed E-state index contributed by atoms with van der Waals surface area (Å²) >= 11 is 6.06. The molecule has 6 heteroatoms. The smallest absolute Gasteiger partial charge is 0.258 e. The van der Waals surface area contributed by atoms with Gasteiger partial charge in [-0.3, -0.25) is 9.69 Å². The van der Waals surface area contributed by atoms with E-state index in [1.807, 2.05) is 104 Å². The molecule has 0 aromatic heterocycles. The minimum Gasteiger partial charge on any atom is -0.489 e. The number of benzene rings is 4. The summed E-state index contributed by atoms with van der Waals surface area (Å²) in [5.74, 6) is 0.734. The lowest BCUT2D eigenvalue weighted by Crippen LogP contribution is -2.29. The fourth-order valence-corrected chi connectivity index (χ4v) is 4.56. The van der Waals surface area contributed by atoms with E-state index in [1.54, 1.807) is 5.01 Å². The van der Waals surface area contributed by atoms with Crippen molar-refractivity contribution < 1.29 is 9.53 Å². The summed E-state index contributed by atoms with van der Waals surface area (Å²) in [5, 5.41) is 7.06. The highest BCUT2D eigenvalue weighted by Gasteiger charge is 2.39. The first-order chi connectivity index (χ1) is 18.1. The number of halogens is 1. The highest BCUT2D eigenvalue weighted by atomic mass is 35.5. The van der Waals surface area contributed by atoms with Crippen LogP contribution in [0, 0.1) is 0 Å². The molecule has 37 heavy (non-hydrogen) atoms. The first-order valence-corrected chi connectivity index (χ1v) is 12.6. The lowest BCUT2D eigenvalue weighted by atomic mass is 10.1. The van der Waals surface area contributed by atoms with Gasteiger partial charge in [0.15, 0.2) is 0 Å². The quantitative estimate of drug-likeness (QED) is 0.249. The molecule has 0 unspecified atom stereocenters. The normalized spacial score (nSPS) is 16.3. The van der Waals surface area contributed by atoms with Crippen LogP contribution in [0.5, 0.6) is 5.75 Å². The van der Waals surface area contributed by atoms with Gasteiger partial charge >= 0.3 is 0 Å². The second-order valence-electron chi connectivity index (χ2n) is 9.04. The molecule has 186 valence electrons. The van der Waals surface area contributed by atoms with Crippen molar-refractivity contribution >= 4 is 23.2 Å². The number of ether oxygens (including phenoxy) is 1. The van der Waals surface area contributed by atoms with Gasteiger partial charge < -0.3 is 4.74 Å². The van der Waals surface area contributed by atoms with Crippen LogP contribution in [0.25, 0.3) is 0 Å². The summed E-state index contributed by atoms with van der Waals surface area (Å²) in [7, 11) is 0. The van der Waals surface area contributed by atoms with Crippen LogP contribution < -0.4 is 4.74 Å². The molecule has 5 rings (SSSR count). The van der Waals surface area contributed by atoms with E-state index in [1.165, 1.54) is 0 Å². The van der Waals surface area contributed by atoms with E-state index in [0.717, 1.165) is 33.7 Å². The molecular formula is C31H28ClN3O2. The molecule has 0 saturated carbocycles. The Bertz CT molecular complexity index is 1360. The van der Waals surface area contributed by atoms with Gasteiger partial charge in [-0.2, -0.15) is 5.10 Å². The minimum absolute atomic E-state index is 0.0429. The molecule has 1 amide bonds. The topological polar surface area (TPSA) is 45.1 Å². The molecule has 0 aliphatic carbocycles. The fourth-order valence-electron chi connectivity index (χ4n) is 4.43. The van der Waals surface area contributed by atoms with Crippen molar-refractivity contribution in [3.05, 3.63) is 136 Å².